The average molecular weight is 335 g/mol. The van der Waals surface area contributed by atoms with Crippen LogP contribution in [0.25, 0.3) is 0 Å². The Bertz CT molecular complexity index is 572. The van der Waals surface area contributed by atoms with E-state index in [-0.39, 0.29) is 18.0 Å². The Balaban J connectivity index is 2.17. The minimum Gasteiger partial charge on any atom is -0.490 e. The van der Waals surface area contributed by atoms with Crippen LogP contribution in [0.15, 0.2) is 12.1 Å². The molecule has 2 atom stereocenters. The Morgan fingerprint density at radius 2 is 1.71 bits per heavy atom. The molecule has 24 heavy (non-hydrogen) atoms. The van der Waals surface area contributed by atoms with Gasteiger partial charge in [-0.2, -0.15) is 0 Å². The fourth-order valence-corrected chi connectivity index (χ4v) is 3.17. The monoisotopic (exact) mass is 335 g/mol. The van der Waals surface area contributed by atoms with Crippen molar-refractivity contribution in [3.05, 3.63) is 23.3 Å². The molecular weight excluding hydrogens is 304 g/mol. The molecule has 0 bridgehead atoms. The van der Waals surface area contributed by atoms with E-state index in [9.17, 15) is 4.79 Å². The van der Waals surface area contributed by atoms with Crippen molar-refractivity contribution in [1.82, 2.24) is 5.32 Å². The number of carbonyl (C=O) groups is 1. The smallest absolute Gasteiger partial charge is 0.278 e. The van der Waals surface area contributed by atoms with Crippen LogP contribution in [-0.4, -0.2) is 37.7 Å². The number of hydrogen-bond acceptors (Lipinski definition) is 3. The molecule has 5 heteroatoms. The fourth-order valence-electron chi connectivity index (χ4n) is 3.17. The Morgan fingerprint density at radius 3 is 2.25 bits per heavy atom. The zero-order valence-electron chi connectivity index (χ0n) is 15.6. The van der Waals surface area contributed by atoms with Gasteiger partial charge in [-0.3, -0.25) is 4.79 Å². The van der Waals surface area contributed by atoms with Crippen LogP contribution in [0.4, 0.5) is 0 Å². The lowest BCUT2D eigenvalue weighted by atomic mass is 9.97. The Morgan fingerprint density at radius 1 is 1.12 bits per heavy atom. The molecule has 1 aromatic rings. The summed E-state index contributed by atoms with van der Waals surface area (Å²) in [6.45, 7) is 13.0. The van der Waals surface area contributed by atoms with Crippen molar-refractivity contribution in [3.63, 3.8) is 0 Å². The third-order valence-corrected chi connectivity index (χ3v) is 4.44. The minimum atomic E-state index is -0.0531. The first-order chi connectivity index (χ1) is 11.5. The summed E-state index contributed by atoms with van der Waals surface area (Å²) in [6, 6.07) is 4.33. The summed E-state index contributed by atoms with van der Waals surface area (Å²) in [5, 5.41) is 3.02. The number of amides is 1. The second-order valence-corrected chi connectivity index (χ2v) is 6.65. The van der Waals surface area contributed by atoms with E-state index in [1.807, 2.05) is 34.6 Å². The van der Waals surface area contributed by atoms with Gasteiger partial charge in [-0.15, -0.1) is 0 Å². The first kappa shape index (κ1) is 18.6. The van der Waals surface area contributed by atoms with Gasteiger partial charge in [0.15, 0.2) is 17.5 Å². The van der Waals surface area contributed by atoms with E-state index in [4.69, 9.17) is 9.47 Å². The summed E-state index contributed by atoms with van der Waals surface area (Å²) in [5.74, 6) is 1.75. The Hall–Kier alpha value is -1.75. The molecule has 0 aliphatic carbocycles. The molecule has 1 amide bonds. The molecule has 134 valence electrons. The van der Waals surface area contributed by atoms with Crippen molar-refractivity contribution in [2.75, 3.05) is 19.8 Å². The molecular formula is C19H31N2O3+. The van der Waals surface area contributed by atoms with Crippen LogP contribution in [0.3, 0.4) is 0 Å². The van der Waals surface area contributed by atoms with Gasteiger partial charge in [0.05, 0.1) is 19.8 Å². The number of rotatable bonds is 7. The summed E-state index contributed by atoms with van der Waals surface area (Å²) >= 11 is 0. The Kier molecular flexibility index (Phi) is 6.49. The fraction of sp³-hybridized carbons (Fsp3) is 0.632. The van der Waals surface area contributed by atoms with Gasteiger partial charge in [0.1, 0.15) is 6.54 Å². The molecule has 1 aliphatic heterocycles. The average Bonchev–Trinajstić information content (AvgIpc) is 2.54. The van der Waals surface area contributed by atoms with Crippen LogP contribution < -0.4 is 19.7 Å². The predicted molar refractivity (Wildman–Crippen MR) is 94.8 cm³/mol. The van der Waals surface area contributed by atoms with E-state index in [0.29, 0.717) is 13.2 Å². The van der Waals surface area contributed by atoms with Crippen LogP contribution in [0, 0.1) is 0 Å². The predicted octanol–water partition coefficient (Wildman–Crippen LogP) is 1.34. The summed E-state index contributed by atoms with van der Waals surface area (Å²) in [6.07, 6.45) is 0.955. The lowest BCUT2D eigenvalue weighted by Crippen LogP contribution is -3.16. The van der Waals surface area contributed by atoms with E-state index in [1.165, 1.54) is 16.0 Å². The zero-order chi connectivity index (χ0) is 17.7. The molecule has 2 N–H and O–H groups in total. The van der Waals surface area contributed by atoms with Gasteiger partial charge >= 0.3 is 0 Å². The van der Waals surface area contributed by atoms with Crippen molar-refractivity contribution >= 4 is 5.91 Å². The normalized spacial score (nSPS) is 18.0. The molecule has 1 heterocycles. The molecule has 5 nitrogen and oxygen atoms in total. The van der Waals surface area contributed by atoms with Crippen molar-refractivity contribution in [3.8, 4) is 11.5 Å². The highest BCUT2D eigenvalue weighted by atomic mass is 16.5. The highest BCUT2D eigenvalue weighted by Gasteiger charge is 2.30. The van der Waals surface area contributed by atoms with Crippen molar-refractivity contribution in [2.24, 2.45) is 0 Å². The number of hydrogen-bond donors (Lipinski definition) is 2. The molecule has 2 rings (SSSR count). The van der Waals surface area contributed by atoms with E-state index in [0.717, 1.165) is 31.0 Å². The van der Waals surface area contributed by atoms with Gasteiger partial charge in [-0.05, 0) is 52.3 Å². The maximum atomic E-state index is 12.3. The number of quaternary nitrogens is 1. The second-order valence-electron chi connectivity index (χ2n) is 6.65. The Labute approximate surface area is 145 Å². The first-order valence-electron chi connectivity index (χ1n) is 9.02. The summed E-state index contributed by atoms with van der Waals surface area (Å²) in [7, 11) is 0. The highest BCUT2D eigenvalue weighted by molar-refractivity contribution is 5.80. The van der Waals surface area contributed by atoms with Crippen LogP contribution in [0.5, 0.6) is 11.5 Å². The lowest BCUT2D eigenvalue weighted by Gasteiger charge is -2.31. The van der Waals surface area contributed by atoms with Gasteiger partial charge in [0.25, 0.3) is 5.91 Å². The molecule has 0 saturated heterocycles. The van der Waals surface area contributed by atoms with E-state index in [2.05, 4.69) is 17.4 Å². The highest BCUT2D eigenvalue weighted by Crippen LogP contribution is 2.32. The van der Waals surface area contributed by atoms with Crippen molar-refractivity contribution in [1.29, 1.82) is 0 Å². The molecule has 0 saturated carbocycles. The maximum absolute atomic E-state index is 12.3. The van der Waals surface area contributed by atoms with E-state index in [1.54, 1.807) is 0 Å². The molecule has 0 aromatic heterocycles. The van der Waals surface area contributed by atoms with E-state index >= 15 is 0 Å². The summed E-state index contributed by atoms with van der Waals surface area (Å²) < 4.78 is 11.5. The number of carbonyl (C=O) groups excluding carboxylic acids is 1. The number of benzene rings is 1. The standard InChI is InChI=1S/C19H30N2O3/c1-6-23-17-10-15-8-9-21(14(5)19(22)20-13(3)4)12-16(15)11-18(17)24-7-2/h10-11,13-14H,6-9,12H2,1-5H3,(H,20,22)/p+1/t14-/m1/s1. The summed E-state index contributed by atoms with van der Waals surface area (Å²) in [4.78, 5) is 13.6. The topological polar surface area (TPSA) is 52.0 Å². The van der Waals surface area contributed by atoms with Gasteiger partial charge < -0.3 is 19.7 Å². The van der Waals surface area contributed by atoms with Gasteiger partial charge in [0.2, 0.25) is 0 Å². The van der Waals surface area contributed by atoms with Crippen molar-refractivity contribution in [2.45, 2.75) is 59.7 Å². The van der Waals surface area contributed by atoms with Crippen molar-refractivity contribution < 1.29 is 19.2 Å². The number of fused-ring (bicyclic) bond motifs is 1. The molecule has 0 radical (unpaired) electrons. The van der Waals surface area contributed by atoms with E-state index < -0.39 is 0 Å². The maximum Gasteiger partial charge on any atom is 0.278 e. The van der Waals surface area contributed by atoms with Crippen LogP contribution >= 0.6 is 0 Å². The van der Waals surface area contributed by atoms with Crippen LogP contribution in [-0.2, 0) is 17.8 Å². The van der Waals surface area contributed by atoms with Gasteiger partial charge in [0, 0.05) is 18.0 Å². The molecule has 1 aromatic carbocycles. The van der Waals surface area contributed by atoms with Gasteiger partial charge in [-0.1, -0.05) is 0 Å². The second kappa shape index (κ2) is 8.38. The quantitative estimate of drug-likeness (QED) is 0.791. The van der Waals surface area contributed by atoms with Crippen LogP contribution in [0.2, 0.25) is 0 Å². The SMILES string of the molecule is CCOc1cc2c(cc1OCC)C[NH+]([C@H](C)C(=O)NC(C)C)CC2. The number of nitrogens with one attached hydrogen (secondary N) is 2. The molecule has 0 fully saturated rings. The molecule has 0 spiro atoms. The third kappa shape index (κ3) is 4.41. The zero-order valence-corrected chi connectivity index (χ0v) is 15.6. The molecule has 1 aliphatic rings. The van der Waals surface area contributed by atoms with Crippen LogP contribution in [0.1, 0.15) is 45.7 Å². The third-order valence-electron chi connectivity index (χ3n) is 4.44. The van der Waals surface area contributed by atoms with Gasteiger partial charge in [-0.25, -0.2) is 0 Å². The lowest BCUT2D eigenvalue weighted by molar-refractivity contribution is -0.929. The summed E-state index contributed by atoms with van der Waals surface area (Å²) in [5.41, 5.74) is 2.56. The number of ether oxygens (including phenoxy) is 2. The largest absolute Gasteiger partial charge is 0.490 e. The first-order valence-corrected chi connectivity index (χ1v) is 9.02. The molecule has 1 unspecified atom stereocenters. The minimum absolute atomic E-state index is 0.0531.